The van der Waals surface area contributed by atoms with Crippen LogP contribution < -0.4 is 16.6 Å². The van der Waals surface area contributed by atoms with Crippen molar-refractivity contribution in [2.75, 3.05) is 5.32 Å². The highest BCUT2D eigenvalue weighted by Crippen LogP contribution is 2.15. The maximum Gasteiger partial charge on any atom is 0.239 e. The van der Waals surface area contributed by atoms with Crippen LogP contribution in [0.25, 0.3) is 0 Å². The molecule has 1 rings (SSSR count). The minimum Gasteiger partial charge on any atom is -0.302 e. The number of thiazole rings is 1. The number of nitrogens with two attached hydrogens (primary N) is 1. The standard InChI is InChI=1S/C7H10N4O2S/c1-4(12)9-7-10-5(3-14-7)2-6(13)11-8/h3H,2,8H2,1H3,(H,11,13)(H,9,10,12). The molecule has 1 aromatic rings. The largest absolute Gasteiger partial charge is 0.302 e. The third kappa shape index (κ3) is 3.11. The molecule has 0 spiro atoms. The Bertz CT molecular complexity index is 349. The molecule has 0 atom stereocenters. The molecule has 0 bridgehead atoms. The second kappa shape index (κ2) is 4.68. The molecule has 0 fully saturated rings. The van der Waals surface area contributed by atoms with Gasteiger partial charge < -0.3 is 5.32 Å². The number of rotatable bonds is 3. The second-order valence-electron chi connectivity index (χ2n) is 2.57. The van der Waals surface area contributed by atoms with Crippen LogP contribution >= 0.6 is 11.3 Å². The molecule has 0 aromatic carbocycles. The van der Waals surface area contributed by atoms with E-state index in [1.54, 1.807) is 5.38 Å². The lowest BCUT2D eigenvalue weighted by atomic mass is 10.3. The summed E-state index contributed by atoms with van der Waals surface area (Å²) >= 11 is 1.27. The van der Waals surface area contributed by atoms with E-state index in [1.807, 2.05) is 5.43 Å². The summed E-state index contributed by atoms with van der Waals surface area (Å²) in [5.74, 6) is 4.41. The SMILES string of the molecule is CC(=O)Nc1nc(CC(=O)NN)cs1. The molecule has 0 saturated heterocycles. The van der Waals surface area contributed by atoms with Gasteiger partial charge in [0.25, 0.3) is 0 Å². The van der Waals surface area contributed by atoms with Crippen LogP contribution in [0.4, 0.5) is 5.13 Å². The van der Waals surface area contributed by atoms with Gasteiger partial charge in [-0.15, -0.1) is 11.3 Å². The van der Waals surface area contributed by atoms with Crippen molar-refractivity contribution in [1.82, 2.24) is 10.4 Å². The van der Waals surface area contributed by atoms with Crippen molar-refractivity contribution in [2.45, 2.75) is 13.3 Å². The van der Waals surface area contributed by atoms with E-state index >= 15 is 0 Å². The molecule has 14 heavy (non-hydrogen) atoms. The minimum absolute atomic E-state index is 0.118. The summed E-state index contributed by atoms with van der Waals surface area (Å²) in [5.41, 5.74) is 2.59. The number of amides is 2. The highest BCUT2D eigenvalue weighted by atomic mass is 32.1. The van der Waals surface area contributed by atoms with Crippen molar-refractivity contribution in [2.24, 2.45) is 5.84 Å². The van der Waals surface area contributed by atoms with Gasteiger partial charge in [0.2, 0.25) is 11.8 Å². The van der Waals surface area contributed by atoms with E-state index in [1.165, 1.54) is 18.3 Å². The zero-order valence-corrected chi connectivity index (χ0v) is 8.35. The van der Waals surface area contributed by atoms with Gasteiger partial charge in [-0.2, -0.15) is 0 Å². The zero-order chi connectivity index (χ0) is 10.6. The minimum atomic E-state index is -0.315. The molecule has 0 saturated carbocycles. The molecule has 2 amide bonds. The Balaban J connectivity index is 2.59. The summed E-state index contributed by atoms with van der Waals surface area (Å²) in [6.45, 7) is 1.40. The molecule has 4 N–H and O–H groups in total. The van der Waals surface area contributed by atoms with E-state index in [0.717, 1.165) is 0 Å². The van der Waals surface area contributed by atoms with Crippen molar-refractivity contribution in [3.63, 3.8) is 0 Å². The third-order valence-electron chi connectivity index (χ3n) is 1.34. The highest BCUT2D eigenvalue weighted by molar-refractivity contribution is 7.13. The van der Waals surface area contributed by atoms with Gasteiger partial charge in [-0.25, -0.2) is 10.8 Å². The van der Waals surface area contributed by atoms with Crippen LogP contribution in [0, 0.1) is 0 Å². The van der Waals surface area contributed by atoms with Gasteiger partial charge in [0.15, 0.2) is 5.13 Å². The predicted octanol–water partition coefficient (Wildman–Crippen LogP) is -0.366. The van der Waals surface area contributed by atoms with E-state index in [0.29, 0.717) is 10.8 Å². The molecule has 1 heterocycles. The lowest BCUT2D eigenvalue weighted by Crippen LogP contribution is -2.31. The van der Waals surface area contributed by atoms with Gasteiger partial charge in [0.05, 0.1) is 12.1 Å². The van der Waals surface area contributed by atoms with Crippen LogP contribution in [0.5, 0.6) is 0 Å². The molecule has 76 valence electrons. The Kier molecular flexibility index (Phi) is 3.55. The molecule has 0 aliphatic carbocycles. The van der Waals surface area contributed by atoms with Gasteiger partial charge in [-0.3, -0.25) is 15.0 Å². The Hall–Kier alpha value is -1.47. The quantitative estimate of drug-likeness (QED) is 0.363. The van der Waals surface area contributed by atoms with E-state index in [-0.39, 0.29) is 18.2 Å². The molecule has 6 nitrogen and oxygen atoms in total. The first-order chi connectivity index (χ1) is 6.61. The fourth-order valence-electron chi connectivity index (χ4n) is 0.812. The molecule has 0 aliphatic rings. The number of hydrogen-bond acceptors (Lipinski definition) is 5. The second-order valence-corrected chi connectivity index (χ2v) is 3.43. The summed E-state index contributed by atoms with van der Waals surface area (Å²) in [5, 5.41) is 4.70. The number of carbonyl (C=O) groups excluding carboxylic acids is 2. The van der Waals surface area contributed by atoms with Crippen molar-refractivity contribution in [3.8, 4) is 0 Å². The normalized spacial score (nSPS) is 9.57. The smallest absolute Gasteiger partial charge is 0.239 e. The molecule has 7 heteroatoms. The Morgan fingerprint density at radius 3 is 2.93 bits per heavy atom. The van der Waals surface area contributed by atoms with Crippen LogP contribution in [0.2, 0.25) is 0 Å². The van der Waals surface area contributed by atoms with Crippen molar-refractivity contribution < 1.29 is 9.59 Å². The number of nitrogens with zero attached hydrogens (tertiary/aromatic N) is 1. The number of nitrogens with one attached hydrogen (secondary N) is 2. The van der Waals surface area contributed by atoms with E-state index in [2.05, 4.69) is 10.3 Å². The molecule has 0 radical (unpaired) electrons. The fraction of sp³-hybridized carbons (Fsp3) is 0.286. The topological polar surface area (TPSA) is 97.1 Å². The number of carbonyl (C=O) groups is 2. The van der Waals surface area contributed by atoms with E-state index in [4.69, 9.17) is 5.84 Å². The van der Waals surface area contributed by atoms with Gasteiger partial charge in [0.1, 0.15) is 0 Å². The van der Waals surface area contributed by atoms with E-state index in [9.17, 15) is 9.59 Å². The average molecular weight is 214 g/mol. The first-order valence-electron chi connectivity index (χ1n) is 3.83. The van der Waals surface area contributed by atoms with Crippen molar-refractivity contribution in [1.29, 1.82) is 0 Å². The number of anilines is 1. The monoisotopic (exact) mass is 214 g/mol. The fourth-order valence-corrected chi connectivity index (χ4v) is 1.57. The van der Waals surface area contributed by atoms with Gasteiger partial charge in [0, 0.05) is 12.3 Å². The summed E-state index contributed by atoms with van der Waals surface area (Å²) in [7, 11) is 0. The first kappa shape index (κ1) is 10.6. The third-order valence-corrected chi connectivity index (χ3v) is 2.14. The predicted molar refractivity (Wildman–Crippen MR) is 52.5 cm³/mol. The number of aromatic nitrogens is 1. The van der Waals surface area contributed by atoms with Gasteiger partial charge >= 0.3 is 0 Å². The average Bonchev–Trinajstić information content (AvgIpc) is 2.51. The highest BCUT2D eigenvalue weighted by Gasteiger charge is 2.06. The summed E-state index contributed by atoms with van der Waals surface area (Å²) in [6.07, 6.45) is 0.118. The van der Waals surface area contributed by atoms with Crippen molar-refractivity contribution in [3.05, 3.63) is 11.1 Å². The van der Waals surface area contributed by atoms with Crippen LogP contribution in [-0.2, 0) is 16.0 Å². The lowest BCUT2D eigenvalue weighted by Gasteiger charge is -1.95. The van der Waals surface area contributed by atoms with Gasteiger partial charge in [-0.1, -0.05) is 0 Å². The van der Waals surface area contributed by atoms with Crippen LogP contribution in [0.3, 0.4) is 0 Å². The Labute approximate surface area is 84.5 Å². The van der Waals surface area contributed by atoms with Crippen molar-refractivity contribution >= 4 is 28.3 Å². The van der Waals surface area contributed by atoms with Crippen LogP contribution in [0.1, 0.15) is 12.6 Å². The van der Waals surface area contributed by atoms with E-state index < -0.39 is 0 Å². The summed E-state index contributed by atoms with van der Waals surface area (Å²) in [6, 6.07) is 0. The number of hydrogen-bond donors (Lipinski definition) is 3. The summed E-state index contributed by atoms with van der Waals surface area (Å²) < 4.78 is 0. The van der Waals surface area contributed by atoms with Gasteiger partial charge in [-0.05, 0) is 0 Å². The molecule has 0 aliphatic heterocycles. The molecule has 1 aromatic heterocycles. The maximum absolute atomic E-state index is 10.9. The van der Waals surface area contributed by atoms with Crippen LogP contribution in [0.15, 0.2) is 5.38 Å². The molecular weight excluding hydrogens is 204 g/mol. The lowest BCUT2D eigenvalue weighted by molar-refractivity contribution is -0.120. The maximum atomic E-state index is 10.9. The Morgan fingerprint density at radius 1 is 1.64 bits per heavy atom. The first-order valence-corrected chi connectivity index (χ1v) is 4.71. The summed E-state index contributed by atoms with van der Waals surface area (Å²) in [4.78, 5) is 25.5. The Morgan fingerprint density at radius 2 is 2.36 bits per heavy atom. The molecule has 0 unspecified atom stereocenters. The van der Waals surface area contributed by atoms with Crippen LogP contribution in [-0.4, -0.2) is 16.8 Å². The number of hydrazine groups is 1. The molecular formula is C7H10N4O2S. The zero-order valence-electron chi connectivity index (χ0n) is 7.53.